The molecule has 2 rings (SSSR count). The maximum atomic E-state index is 11.6. The van der Waals surface area contributed by atoms with Crippen LogP contribution in [0.1, 0.15) is 32.1 Å². The van der Waals surface area contributed by atoms with Gasteiger partial charge in [0.15, 0.2) is 0 Å². The van der Waals surface area contributed by atoms with E-state index >= 15 is 0 Å². The van der Waals surface area contributed by atoms with E-state index in [1.807, 2.05) is 0 Å². The minimum Gasteiger partial charge on any atom is -0.469 e. The zero-order chi connectivity index (χ0) is 13.0. The van der Waals surface area contributed by atoms with Gasteiger partial charge in [-0.3, -0.25) is 4.79 Å². The largest absolute Gasteiger partial charge is 0.469 e. The molecule has 0 bridgehead atoms. The van der Waals surface area contributed by atoms with Gasteiger partial charge in [0.2, 0.25) is 0 Å². The summed E-state index contributed by atoms with van der Waals surface area (Å²) in [5, 5.41) is 3.45. The third-order valence-corrected chi connectivity index (χ3v) is 4.39. The smallest absolute Gasteiger partial charge is 0.313 e. The first-order chi connectivity index (χ1) is 8.66. The van der Waals surface area contributed by atoms with Crippen LogP contribution in [0.5, 0.6) is 0 Å². The number of nitrogens with one attached hydrogen (secondary N) is 1. The minimum absolute atomic E-state index is 0.0348. The van der Waals surface area contributed by atoms with Gasteiger partial charge in [0.25, 0.3) is 0 Å². The molecular formula is C14H26N2O2. The van der Waals surface area contributed by atoms with E-state index < -0.39 is 0 Å². The second-order valence-corrected chi connectivity index (χ2v) is 6.01. The number of nitrogens with zero attached hydrogens (tertiary/aromatic N) is 1. The van der Waals surface area contributed by atoms with Gasteiger partial charge >= 0.3 is 5.97 Å². The Balaban J connectivity index is 1.60. The first-order valence-electron chi connectivity index (χ1n) is 7.14. The molecule has 1 unspecified atom stereocenters. The lowest BCUT2D eigenvalue weighted by molar-refractivity contribution is -0.146. The van der Waals surface area contributed by atoms with Crippen molar-refractivity contribution in [3.63, 3.8) is 0 Å². The van der Waals surface area contributed by atoms with Crippen LogP contribution in [0.2, 0.25) is 0 Å². The van der Waals surface area contributed by atoms with Crippen LogP contribution in [-0.2, 0) is 9.53 Å². The standard InChI is InChI=1S/C14H26N2O2/c1-16-9-3-4-12(10-16)5-8-15-11-14(6-7-14)13(17)18-2/h12,15H,3-11H2,1-2H3. The molecule has 0 aromatic carbocycles. The van der Waals surface area contributed by atoms with Crippen LogP contribution < -0.4 is 5.32 Å². The predicted molar refractivity (Wildman–Crippen MR) is 71.4 cm³/mol. The fourth-order valence-corrected chi connectivity index (χ4v) is 2.96. The monoisotopic (exact) mass is 254 g/mol. The molecule has 1 saturated carbocycles. The van der Waals surface area contributed by atoms with E-state index in [0.717, 1.165) is 31.8 Å². The molecule has 0 radical (unpaired) electrons. The molecule has 4 heteroatoms. The van der Waals surface area contributed by atoms with E-state index in [-0.39, 0.29) is 11.4 Å². The van der Waals surface area contributed by atoms with Gasteiger partial charge in [0, 0.05) is 13.1 Å². The van der Waals surface area contributed by atoms with Gasteiger partial charge in [0.05, 0.1) is 12.5 Å². The Kier molecular flexibility index (Phi) is 4.62. The minimum atomic E-state index is -0.182. The Bertz CT molecular complexity index is 290. The highest BCUT2D eigenvalue weighted by Crippen LogP contribution is 2.45. The van der Waals surface area contributed by atoms with Crippen LogP contribution in [0.4, 0.5) is 0 Å². The summed E-state index contributed by atoms with van der Waals surface area (Å²) in [6, 6.07) is 0. The van der Waals surface area contributed by atoms with Crippen LogP contribution >= 0.6 is 0 Å². The van der Waals surface area contributed by atoms with Crippen molar-refractivity contribution in [2.24, 2.45) is 11.3 Å². The molecule has 0 spiro atoms. The lowest BCUT2D eigenvalue weighted by atomic mass is 9.95. The first-order valence-corrected chi connectivity index (χ1v) is 7.14. The maximum absolute atomic E-state index is 11.6. The van der Waals surface area contributed by atoms with E-state index in [1.165, 1.54) is 39.5 Å². The Hall–Kier alpha value is -0.610. The van der Waals surface area contributed by atoms with E-state index in [0.29, 0.717) is 0 Å². The fourth-order valence-electron chi connectivity index (χ4n) is 2.96. The second-order valence-electron chi connectivity index (χ2n) is 6.01. The summed E-state index contributed by atoms with van der Waals surface area (Å²) in [7, 11) is 3.69. The van der Waals surface area contributed by atoms with Gasteiger partial charge in [-0.2, -0.15) is 0 Å². The van der Waals surface area contributed by atoms with Gasteiger partial charge in [-0.25, -0.2) is 0 Å². The zero-order valence-electron chi connectivity index (χ0n) is 11.7. The van der Waals surface area contributed by atoms with Gasteiger partial charge in [-0.1, -0.05) is 0 Å². The summed E-state index contributed by atoms with van der Waals surface area (Å²) in [5.41, 5.74) is -0.182. The molecule has 1 heterocycles. The second kappa shape index (κ2) is 6.02. The highest BCUT2D eigenvalue weighted by Gasteiger charge is 2.50. The number of hydrogen-bond acceptors (Lipinski definition) is 4. The van der Waals surface area contributed by atoms with Crippen LogP contribution in [0.25, 0.3) is 0 Å². The van der Waals surface area contributed by atoms with Crippen molar-refractivity contribution in [1.82, 2.24) is 10.2 Å². The molecule has 2 fully saturated rings. The van der Waals surface area contributed by atoms with Crippen molar-refractivity contribution < 1.29 is 9.53 Å². The highest BCUT2D eigenvalue weighted by atomic mass is 16.5. The van der Waals surface area contributed by atoms with Crippen LogP contribution in [0, 0.1) is 11.3 Å². The molecule has 2 aliphatic rings. The average molecular weight is 254 g/mol. The van der Waals surface area contributed by atoms with E-state index in [9.17, 15) is 4.79 Å². The zero-order valence-corrected chi connectivity index (χ0v) is 11.7. The summed E-state index contributed by atoms with van der Waals surface area (Å²) < 4.78 is 4.85. The lowest BCUT2D eigenvalue weighted by Crippen LogP contribution is -2.35. The van der Waals surface area contributed by atoms with E-state index in [1.54, 1.807) is 0 Å². The maximum Gasteiger partial charge on any atom is 0.313 e. The Morgan fingerprint density at radius 3 is 2.89 bits per heavy atom. The molecule has 0 amide bonds. The quantitative estimate of drug-likeness (QED) is 0.572. The van der Waals surface area contributed by atoms with Crippen LogP contribution in [0.3, 0.4) is 0 Å². The van der Waals surface area contributed by atoms with Crippen molar-refractivity contribution >= 4 is 5.97 Å². The third-order valence-electron chi connectivity index (χ3n) is 4.39. The van der Waals surface area contributed by atoms with Crippen molar-refractivity contribution in [3.05, 3.63) is 0 Å². The molecule has 1 N–H and O–H groups in total. The topological polar surface area (TPSA) is 41.6 Å². The molecule has 1 saturated heterocycles. The van der Waals surface area contributed by atoms with Gasteiger partial charge < -0.3 is 15.0 Å². The number of esters is 1. The third kappa shape index (κ3) is 3.45. The van der Waals surface area contributed by atoms with Gasteiger partial charge in [-0.05, 0) is 58.2 Å². The summed E-state index contributed by atoms with van der Waals surface area (Å²) in [6.07, 6.45) is 5.88. The first kappa shape index (κ1) is 13.8. The number of piperidine rings is 1. The molecule has 0 aromatic heterocycles. The van der Waals surface area contributed by atoms with Crippen molar-refractivity contribution in [2.45, 2.75) is 32.1 Å². The highest BCUT2D eigenvalue weighted by molar-refractivity contribution is 5.80. The molecule has 1 aliphatic heterocycles. The summed E-state index contributed by atoms with van der Waals surface area (Å²) in [5.74, 6) is 0.789. The molecule has 1 atom stereocenters. The lowest BCUT2D eigenvalue weighted by Gasteiger charge is -2.29. The molecular weight excluding hydrogens is 228 g/mol. The number of likely N-dealkylation sites (tertiary alicyclic amines) is 1. The Labute approximate surface area is 110 Å². The fraction of sp³-hybridized carbons (Fsp3) is 0.929. The SMILES string of the molecule is COC(=O)C1(CNCCC2CCCN(C)C2)CC1. The number of hydrogen-bond donors (Lipinski definition) is 1. The predicted octanol–water partition coefficient (Wildman–Crippen LogP) is 1.26. The summed E-state index contributed by atoms with van der Waals surface area (Å²) in [4.78, 5) is 14.0. The van der Waals surface area contributed by atoms with E-state index in [4.69, 9.17) is 4.74 Å². The van der Waals surface area contributed by atoms with Crippen molar-refractivity contribution in [2.75, 3.05) is 40.3 Å². The molecule has 104 valence electrons. The average Bonchev–Trinajstić information content (AvgIpc) is 3.15. The molecule has 18 heavy (non-hydrogen) atoms. The van der Waals surface area contributed by atoms with E-state index in [2.05, 4.69) is 17.3 Å². The molecule has 1 aliphatic carbocycles. The number of methoxy groups -OCH3 is 1. The normalized spacial score (nSPS) is 26.9. The van der Waals surface area contributed by atoms with Crippen molar-refractivity contribution in [3.8, 4) is 0 Å². The van der Waals surface area contributed by atoms with Crippen LogP contribution in [0.15, 0.2) is 0 Å². The Morgan fingerprint density at radius 2 is 2.28 bits per heavy atom. The van der Waals surface area contributed by atoms with Gasteiger partial charge in [-0.15, -0.1) is 0 Å². The molecule has 0 aromatic rings. The van der Waals surface area contributed by atoms with Crippen LogP contribution in [-0.4, -0.2) is 51.2 Å². The summed E-state index contributed by atoms with van der Waals surface area (Å²) >= 11 is 0. The number of carbonyl (C=O) groups excluding carboxylic acids is 1. The van der Waals surface area contributed by atoms with Crippen molar-refractivity contribution in [1.29, 1.82) is 0 Å². The molecule has 4 nitrogen and oxygen atoms in total. The summed E-state index contributed by atoms with van der Waals surface area (Å²) in [6.45, 7) is 4.29. The Morgan fingerprint density at radius 1 is 1.50 bits per heavy atom. The van der Waals surface area contributed by atoms with Gasteiger partial charge in [0.1, 0.15) is 0 Å². The number of ether oxygens (including phenoxy) is 1. The number of carbonyl (C=O) groups is 1. The number of rotatable bonds is 6.